The first-order valence-corrected chi connectivity index (χ1v) is 5.90. The molecular weight excluding hydrogens is 249 g/mol. The fourth-order valence-electron chi connectivity index (χ4n) is 1.59. The average Bonchev–Trinajstić information content (AvgIpc) is 2.30. The molecule has 0 atom stereocenters. The molecular formula is C14H16FNO3. The van der Waals surface area contributed by atoms with Crippen molar-refractivity contribution in [3.05, 3.63) is 41.2 Å². The minimum absolute atomic E-state index is 0.0956. The van der Waals surface area contributed by atoms with Crippen LogP contribution >= 0.6 is 0 Å². The number of halogens is 1. The van der Waals surface area contributed by atoms with Gasteiger partial charge in [0.1, 0.15) is 5.82 Å². The molecule has 0 heterocycles. The van der Waals surface area contributed by atoms with Crippen LogP contribution in [0.15, 0.2) is 24.3 Å². The third kappa shape index (κ3) is 5.81. The number of hydrogen-bond donors (Lipinski definition) is 2. The molecule has 0 bridgehead atoms. The lowest BCUT2D eigenvalue weighted by molar-refractivity contribution is -0.136. The predicted molar refractivity (Wildman–Crippen MR) is 70.1 cm³/mol. The van der Waals surface area contributed by atoms with Crippen LogP contribution < -0.4 is 5.32 Å². The summed E-state index contributed by atoms with van der Waals surface area (Å²) in [7, 11) is 0. The van der Waals surface area contributed by atoms with E-state index in [0.29, 0.717) is 24.1 Å². The molecule has 0 fully saturated rings. The summed E-state index contributed by atoms with van der Waals surface area (Å²) < 4.78 is 13.1. The maximum Gasteiger partial charge on any atom is 0.307 e. The lowest BCUT2D eigenvalue weighted by Crippen LogP contribution is -2.20. The minimum Gasteiger partial charge on any atom is -0.481 e. The first-order chi connectivity index (χ1) is 8.99. The molecule has 0 radical (unpaired) electrons. The van der Waals surface area contributed by atoms with Crippen molar-refractivity contribution < 1.29 is 19.1 Å². The van der Waals surface area contributed by atoms with Gasteiger partial charge in [0.15, 0.2) is 0 Å². The van der Waals surface area contributed by atoms with Gasteiger partial charge in [-0.1, -0.05) is 18.2 Å². The second kappa shape index (κ2) is 7.31. The van der Waals surface area contributed by atoms with Crippen molar-refractivity contribution in [2.24, 2.45) is 0 Å². The van der Waals surface area contributed by atoms with Crippen LogP contribution in [-0.2, 0) is 16.0 Å². The van der Waals surface area contributed by atoms with Gasteiger partial charge in [0.25, 0.3) is 0 Å². The molecule has 2 N–H and O–H groups in total. The Kier molecular flexibility index (Phi) is 5.73. The Morgan fingerprint density at radius 2 is 2.16 bits per heavy atom. The van der Waals surface area contributed by atoms with Crippen molar-refractivity contribution in [3.8, 4) is 0 Å². The van der Waals surface area contributed by atoms with E-state index in [1.807, 2.05) is 6.08 Å². The molecule has 0 aliphatic carbocycles. The van der Waals surface area contributed by atoms with Gasteiger partial charge < -0.3 is 10.4 Å². The molecule has 102 valence electrons. The van der Waals surface area contributed by atoms with Crippen molar-refractivity contribution >= 4 is 18.0 Å². The van der Waals surface area contributed by atoms with E-state index in [-0.39, 0.29) is 12.3 Å². The van der Waals surface area contributed by atoms with E-state index >= 15 is 0 Å². The van der Waals surface area contributed by atoms with Crippen LogP contribution in [0, 0.1) is 5.82 Å². The zero-order chi connectivity index (χ0) is 14.3. The molecule has 1 rings (SSSR count). The third-order valence-electron chi connectivity index (χ3n) is 2.43. The molecule has 0 spiro atoms. The zero-order valence-electron chi connectivity index (χ0n) is 10.6. The molecule has 0 aliphatic heterocycles. The zero-order valence-corrected chi connectivity index (χ0v) is 10.6. The molecule has 1 amide bonds. The molecule has 0 saturated heterocycles. The van der Waals surface area contributed by atoms with Gasteiger partial charge in [0, 0.05) is 13.5 Å². The number of benzene rings is 1. The molecule has 0 aliphatic rings. The van der Waals surface area contributed by atoms with Crippen molar-refractivity contribution in [2.45, 2.75) is 19.8 Å². The van der Waals surface area contributed by atoms with E-state index in [2.05, 4.69) is 5.32 Å². The Morgan fingerprint density at radius 1 is 1.42 bits per heavy atom. The van der Waals surface area contributed by atoms with Gasteiger partial charge in [-0.2, -0.15) is 0 Å². The summed E-state index contributed by atoms with van der Waals surface area (Å²) in [5, 5.41) is 11.4. The SMILES string of the molecule is CC(=O)NCCC=Cc1ccc(F)cc1CC(=O)O. The summed E-state index contributed by atoms with van der Waals surface area (Å²) in [5.41, 5.74) is 1.11. The number of carbonyl (C=O) groups is 2. The fourth-order valence-corrected chi connectivity index (χ4v) is 1.59. The molecule has 0 unspecified atom stereocenters. The van der Waals surface area contributed by atoms with E-state index in [1.165, 1.54) is 19.1 Å². The maximum absolute atomic E-state index is 13.1. The van der Waals surface area contributed by atoms with Gasteiger partial charge in [-0.15, -0.1) is 0 Å². The quantitative estimate of drug-likeness (QED) is 0.773. The van der Waals surface area contributed by atoms with Gasteiger partial charge >= 0.3 is 5.97 Å². The fraction of sp³-hybridized carbons (Fsp3) is 0.286. The molecule has 5 heteroatoms. The number of carboxylic acids is 1. The molecule has 19 heavy (non-hydrogen) atoms. The van der Waals surface area contributed by atoms with Crippen LogP contribution in [0.1, 0.15) is 24.5 Å². The summed E-state index contributed by atoms with van der Waals surface area (Å²) in [6.07, 6.45) is 3.96. The topological polar surface area (TPSA) is 66.4 Å². The van der Waals surface area contributed by atoms with Gasteiger partial charge in [0.05, 0.1) is 6.42 Å². The third-order valence-corrected chi connectivity index (χ3v) is 2.43. The number of carboxylic acid groups (broad SMARTS) is 1. The van der Waals surface area contributed by atoms with Crippen molar-refractivity contribution in [2.75, 3.05) is 6.54 Å². The molecule has 0 aromatic heterocycles. The molecule has 4 nitrogen and oxygen atoms in total. The molecule has 1 aromatic carbocycles. The van der Waals surface area contributed by atoms with E-state index < -0.39 is 11.8 Å². The van der Waals surface area contributed by atoms with Crippen LogP contribution in [-0.4, -0.2) is 23.5 Å². The molecule has 1 aromatic rings. The highest BCUT2D eigenvalue weighted by molar-refractivity contribution is 5.73. The maximum atomic E-state index is 13.1. The first-order valence-electron chi connectivity index (χ1n) is 5.90. The minimum atomic E-state index is -1.00. The largest absolute Gasteiger partial charge is 0.481 e. The van der Waals surface area contributed by atoms with Gasteiger partial charge in [-0.05, 0) is 29.7 Å². The highest BCUT2D eigenvalue weighted by atomic mass is 19.1. The summed E-state index contributed by atoms with van der Waals surface area (Å²) in [6, 6.07) is 4.06. The number of hydrogen-bond acceptors (Lipinski definition) is 2. The highest BCUT2D eigenvalue weighted by Crippen LogP contribution is 2.14. The van der Waals surface area contributed by atoms with Crippen molar-refractivity contribution in [1.82, 2.24) is 5.32 Å². The highest BCUT2D eigenvalue weighted by Gasteiger charge is 2.06. The summed E-state index contributed by atoms with van der Waals surface area (Å²) in [4.78, 5) is 21.3. The number of nitrogens with one attached hydrogen (secondary N) is 1. The first kappa shape index (κ1) is 14.9. The smallest absolute Gasteiger partial charge is 0.307 e. The van der Waals surface area contributed by atoms with E-state index in [0.717, 1.165) is 0 Å². The predicted octanol–water partition coefficient (Wildman–Crippen LogP) is 1.99. The summed E-state index contributed by atoms with van der Waals surface area (Å²) >= 11 is 0. The van der Waals surface area contributed by atoms with Crippen LogP contribution in [0.5, 0.6) is 0 Å². The average molecular weight is 265 g/mol. The second-order valence-corrected chi connectivity index (χ2v) is 4.09. The molecule has 0 saturated carbocycles. The number of aliphatic carboxylic acids is 1. The Labute approximate surface area is 110 Å². The Bertz CT molecular complexity index is 497. The van der Waals surface area contributed by atoms with Gasteiger partial charge in [-0.3, -0.25) is 9.59 Å². The second-order valence-electron chi connectivity index (χ2n) is 4.09. The number of amides is 1. The summed E-state index contributed by atoms with van der Waals surface area (Å²) in [5.74, 6) is -1.55. The van der Waals surface area contributed by atoms with E-state index in [1.54, 1.807) is 12.1 Å². The van der Waals surface area contributed by atoms with Gasteiger partial charge in [-0.25, -0.2) is 4.39 Å². The summed E-state index contributed by atoms with van der Waals surface area (Å²) in [6.45, 7) is 1.95. The van der Waals surface area contributed by atoms with Gasteiger partial charge in [0.2, 0.25) is 5.91 Å². The van der Waals surface area contributed by atoms with E-state index in [4.69, 9.17) is 5.11 Å². The van der Waals surface area contributed by atoms with E-state index in [9.17, 15) is 14.0 Å². The van der Waals surface area contributed by atoms with Crippen molar-refractivity contribution in [3.63, 3.8) is 0 Å². The Morgan fingerprint density at radius 3 is 2.79 bits per heavy atom. The van der Waals surface area contributed by atoms with Crippen LogP contribution in [0.2, 0.25) is 0 Å². The normalized spacial score (nSPS) is 10.6. The lowest BCUT2D eigenvalue weighted by atomic mass is 10.0. The van der Waals surface area contributed by atoms with Crippen LogP contribution in [0.4, 0.5) is 4.39 Å². The Balaban J connectivity index is 2.68. The van der Waals surface area contributed by atoms with Crippen LogP contribution in [0.25, 0.3) is 6.08 Å². The standard InChI is InChI=1S/C14H16FNO3/c1-10(17)16-7-3-2-4-11-5-6-13(15)8-12(11)9-14(18)19/h2,4-6,8H,3,7,9H2,1H3,(H,16,17)(H,18,19). The number of carbonyl (C=O) groups excluding carboxylic acids is 1. The van der Waals surface area contributed by atoms with Crippen molar-refractivity contribution in [1.29, 1.82) is 0 Å². The van der Waals surface area contributed by atoms with Crippen LogP contribution in [0.3, 0.4) is 0 Å². The lowest BCUT2D eigenvalue weighted by Gasteiger charge is -2.04. The number of rotatable bonds is 6. The Hall–Kier alpha value is -2.17. The monoisotopic (exact) mass is 265 g/mol.